The number of ketones is 1. The smallest absolute Gasteiger partial charge is 0.262 e. The highest BCUT2D eigenvalue weighted by Gasteiger charge is 2.44. The molecule has 2 aliphatic heterocycles. The predicted octanol–water partition coefficient (Wildman–Crippen LogP) is -0.260. The van der Waals surface area contributed by atoms with E-state index in [9.17, 15) is 19.2 Å². The second-order valence-corrected chi connectivity index (χ2v) is 4.50. The molecule has 1 saturated heterocycles. The number of hydrogen-bond acceptors (Lipinski definition) is 4. The van der Waals surface area contributed by atoms with Gasteiger partial charge >= 0.3 is 0 Å². The van der Waals surface area contributed by atoms with Gasteiger partial charge in [-0.25, -0.2) is 0 Å². The lowest BCUT2D eigenvalue weighted by Crippen LogP contribution is -2.55. The second kappa shape index (κ2) is 4.01. The third kappa shape index (κ3) is 1.64. The van der Waals surface area contributed by atoms with Crippen molar-refractivity contribution in [3.8, 4) is 0 Å². The van der Waals surface area contributed by atoms with Gasteiger partial charge in [0.15, 0.2) is 5.78 Å². The number of carbonyl (C=O) groups excluding carboxylic acids is 4. The number of benzene rings is 1. The molecule has 1 aromatic carbocycles. The molecule has 3 rings (SSSR count). The van der Waals surface area contributed by atoms with Gasteiger partial charge in [0.2, 0.25) is 5.91 Å². The monoisotopic (exact) mass is 258 g/mol. The molecule has 1 unspecified atom stereocenters. The van der Waals surface area contributed by atoms with Crippen molar-refractivity contribution in [1.29, 1.82) is 0 Å². The molecule has 0 bridgehead atoms. The van der Waals surface area contributed by atoms with Gasteiger partial charge in [-0.05, 0) is 12.1 Å². The van der Waals surface area contributed by atoms with Crippen LogP contribution in [0.1, 0.15) is 27.1 Å². The normalized spacial score (nSPS) is 22.5. The van der Waals surface area contributed by atoms with E-state index in [4.69, 9.17) is 0 Å². The number of rotatable bonds is 1. The summed E-state index contributed by atoms with van der Waals surface area (Å²) >= 11 is 0. The maximum atomic E-state index is 12.2. The van der Waals surface area contributed by atoms with Crippen molar-refractivity contribution < 1.29 is 19.2 Å². The molecule has 0 aromatic heterocycles. The first-order valence-corrected chi connectivity index (χ1v) is 5.86. The van der Waals surface area contributed by atoms with Gasteiger partial charge in [-0.2, -0.15) is 0 Å². The number of nitrogens with zero attached hydrogens (tertiary/aromatic N) is 1. The minimum atomic E-state index is -1.03. The van der Waals surface area contributed by atoms with Crippen molar-refractivity contribution in [2.24, 2.45) is 0 Å². The zero-order chi connectivity index (χ0) is 13.6. The van der Waals surface area contributed by atoms with Gasteiger partial charge in [0.25, 0.3) is 11.8 Å². The Bertz CT molecular complexity index is 588. The quantitative estimate of drug-likeness (QED) is 0.703. The van der Waals surface area contributed by atoms with Crippen molar-refractivity contribution in [2.45, 2.75) is 12.5 Å². The van der Waals surface area contributed by atoms with Gasteiger partial charge < -0.3 is 5.32 Å². The van der Waals surface area contributed by atoms with Gasteiger partial charge in [0, 0.05) is 6.42 Å². The minimum absolute atomic E-state index is 0.0432. The summed E-state index contributed by atoms with van der Waals surface area (Å²) in [7, 11) is 0. The van der Waals surface area contributed by atoms with E-state index in [1.165, 1.54) is 12.1 Å². The summed E-state index contributed by atoms with van der Waals surface area (Å²) in [6.07, 6.45) is -0.114. The zero-order valence-corrected chi connectivity index (χ0v) is 9.88. The van der Waals surface area contributed by atoms with E-state index >= 15 is 0 Å². The van der Waals surface area contributed by atoms with Crippen LogP contribution in [0, 0.1) is 0 Å². The van der Waals surface area contributed by atoms with E-state index in [2.05, 4.69) is 5.32 Å². The van der Waals surface area contributed by atoms with Crippen LogP contribution in [0.25, 0.3) is 0 Å². The molecular formula is C13H10N2O4. The standard InChI is InChI=1S/C13H10N2O4/c16-7-5-10(11(17)14-6-7)15-12(18)8-3-1-2-4-9(8)13(15)19/h1-4,10H,5-6H2,(H,14,17). The highest BCUT2D eigenvalue weighted by atomic mass is 16.2. The van der Waals surface area contributed by atoms with Gasteiger partial charge in [-0.1, -0.05) is 12.1 Å². The van der Waals surface area contributed by atoms with Crippen LogP contribution < -0.4 is 5.32 Å². The number of hydrogen-bond donors (Lipinski definition) is 1. The van der Waals surface area contributed by atoms with Crippen LogP contribution in [0.15, 0.2) is 24.3 Å². The molecule has 6 heteroatoms. The Labute approximate surface area is 108 Å². The first-order chi connectivity index (χ1) is 9.09. The molecular weight excluding hydrogens is 248 g/mol. The zero-order valence-electron chi connectivity index (χ0n) is 9.88. The molecule has 1 aromatic rings. The molecule has 0 aliphatic carbocycles. The topological polar surface area (TPSA) is 83.6 Å². The van der Waals surface area contributed by atoms with Gasteiger partial charge in [0.1, 0.15) is 6.04 Å². The predicted molar refractivity (Wildman–Crippen MR) is 63.4 cm³/mol. The van der Waals surface area contributed by atoms with Crippen LogP contribution >= 0.6 is 0 Å². The third-order valence-corrected chi connectivity index (χ3v) is 3.32. The lowest BCUT2D eigenvalue weighted by atomic mass is 10.0. The number of carbonyl (C=O) groups is 4. The van der Waals surface area contributed by atoms with Crippen LogP contribution in [0.4, 0.5) is 0 Å². The largest absolute Gasteiger partial charge is 0.347 e. The van der Waals surface area contributed by atoms with Crippen molar-refractivity contribution in [1.82, 2.24) is 10.2 Å². The third-order valence-electron chi connectivity index (χ3n) is 3.32. The summed E-state index contributed by atoms with van der Waals surface area (Å²) < 4.78 is 0. The van der Waals surface area contributed by atoms with E-state index in [1.807, 2.05) is 0 Å². The summed E-state index contributed by atoms with van der Waals surface area (Å²) in [5, 5.41) is 2.39. The number of nitrogens with one attached hydrogen (secondary N) is 1. The highest BCUT2D eigenvalue weighted by molar-refractivity contribution is 6.23. The van der Waals surface area contributed by atoms with Crippen molar-refractivity contribution >= 4 is 23.5 Å². The molecule has 19 heavy (non-hydrogen) atoms. The number of piperidine rings is 1. The van der Waals surface area contributed by atoms with Crippen LogP contribution in [-0.4, -0.2) is 41.0 Å². The number of amides is 3. The first-order valence-electron chi connectivity index (χ1n) is 5.86. The van der Waals surface area contributed by atoms with E-state index in [1.54, 1.807) is 12.1 Å². The van der Waals surface area contributed by atoms with Crippen molar-refractivity contribution in [3.05, 3.63) is 35.4 Å². The Morgan fingerprint density at radius 2 is 1.58 bits per heavy atom. The van der Waals surface area contributed by atoms with Gasteiger partial charge in [0.05, 0.1) is 17.7 Å². The average molecular weight is 258 g/mol. The molecule has 6 nitrogen and oxygen atoms in total. The van der Waals surface area contributed by atoms with Crippen LogP contribution in [0.2, 0.25) is 0 Å². The average Bonchev–Trinajstić information content (AvgIpc) is 2.66. The van der Waals surface area contributed by atoms with E-state index in [0.29, 0.717) is 0 Å². The molecule has 1 N–H and O–H groups in total. The number of Topliss-reactive ketones (excluding diaryl/α,β-unsaturated/α-hetero) is 1. The lowest BCUT2D eigenvalue weighted by Gasteiger charge is -2.27. The van der Waals surface area contributed by atoms with E-state index < -0.39 is 23.8 Å². The second-order valence-electron chi connectivity index (χ2n) is 4.50. The fraction of sp³-hybridized carbons (Fsp3) is 0.231. The molecule has 1 fully saturated rings. The van der Waals surface area contributed by atoms with Gasteiger partial charge in [-0.15, -0.1) is 0 Å². The first kappa shape index (κ1) is 11.6. The van der Waals surface area contributed by atoms with Crippen LogP contribution in [-0.2, 0) is 9.59 Å². The summed E-state index contributed by atoms with van der Waals surface area (Å²) in [6, 6.07) is 5.35. The van der Waals surface area contributed by atoms with Crippen molar-refractivity contribution in [2.75, 3.05) is 6.54 Å². The Kier molecular flexibility index (Phi) is 2.45. The fourth-order valence-corrected chi connectivity index (χ4v) is 2.38. The van der Waals surface area contributed by atoms with E-state index in [0.717, 1.165) is 4.90 Å². The summed E-state index contributed by atoms with van der Waals surface area (Å²) in [4.78, 5) is 48.4. The van der Waals surface area contributed by atoms with Crippen LogP contribution in [0.3, 0.4) is 0 Å². The van der Waals surface area contributed by atoms with Crippen molar-refractivity contribution in [3.63, 3.8) is 0 Å². The highest BCUT2D eigenvalue weighted by Crippen LogP contribution is 2.26. The Balaban J connectivity index is 1.99. The molecule has 0 spiro atoms. The maximum Gasteiger partial charge on any atom is 0.262 e. The van der Waals surface area contributed by atoms with Gasteiger partial charge in [-0.3, -0.25) is 24.1 Å². The fourth-order valence-electron chi connectivity index (χ4n) is 2.38. The molecule has 1 atom stereocenters. The summed E-state index contributed by atoms with van der Waals surface area (Å²) in [5.74, 6) is -1.69. The maximum absolute atomic E-state index is 12.2. The molecule has 2 heterocycles. The van der Waals surface area contributed by atoms with Crippen LogP contribution in [0.5, 0.6) is 0 Å². The lowest BCUT2D eigenvalue weighted by molar-refractivity contribution is -0.133. The molecule has 0 saturated carbocycles. The summed E-state index contributed by atoms with van der Waals surface area (Å²) in [6.45, 7) is -0.0432. The molecule has 3 amide bonds. The number of imide groups is 1. The Hall–Kier alpha value is -2.50. The Morgan fingerprint density at radius 3 is 2.16 bits per heavy atom. The Morgan fingerprint density at radius 1 is 1.00 bits per heavy atom. The minimum Gasteiger partial charge on any atom is -0.347 e. The number of fused-ring (bicyclic) bond motifs is 1. The van der Waals surface area contributed by atoms with E-state index in [-0.39, 0.29) is 29.9 Å². The SMILES string of the molecule is O=C1CNC(=O)C(N2C(=O)c3ccccc3C2=O)C1. The molecule has 96 valence electrons. The summed E-state index contributed by atoms with van der Waals surface area (Å²) in [5.41, 5.74) is 0.552. The molecule has 2 aliphatic rings. The molecule has 0 radical (unpaired) electrons.